The lowest BCUT2D eigenvalue weighted by atomic mass is 10.1. The number of amidine groups is 1. The number of hydrogen-bond acceptors (Lipinski definition) is 6. The minimum Gasteiger partial charge on any atom is -0.497 e. The Labute approximate surface area is 124 Å². The molecule has 0 unspecified atom stereocenters. The molecule has 0 aliphatic carbocycles. The number of piperazine rings is 1. The van der Waals surface area contributed by atoms with Gasteiger partial charge in [0.15, 0.2) is 5.84 Å². The summed E-state index contributed by atoms with van der Waals surface area (Å²) in [6.45, 7) is 4.24. The Hall–Kier alpha value is -1.99. The molecule has 1 aliphatic heterocycles. The monoisotopic (exact) mass is 294 g/mol. The molecule has 4 N–H and O–H groups in total. The highest BCUT2D eigenvalue weighted by Crippen LogP contribution is 2.27. The molecule has 0 bridgehead atoms. The number of nitrogens with two attached hydrogens (primary N) is 1. The summed E-state index contributed by atoms with van der Waals surface area (Å²) in [5.74, 6) is 0.822. The largest absolute Gasteiger partial charge is 0.497 e. The number of aliphatic hydroxyl groups is 1. The lowest BCUT2D eigenvalue weighted by Gasteiger charge is -2.36. The van der Waals surface area contributed by atoms with Gasteiger partial charge in [-0.05, 0) is 12.1 Å². The quantitative estimate of drug-likeness (QED) is 0.304. The van der Waals surface area contributed by atoms with Gasteiger partial charge in [-0.15, -0.1) is 0 Å². The van der Waals surface area contributed by atoms with Crippen LogP contribution in [0.3, 0.4) is 0 Å². The first-order chi connectivity index (χ1) is 10.2. The number of aliphatic hydroxyl groups excluding tert-OH is 1. The van der Waals surface area contributed by atoms with Gasteiger partial charge in [0.25, 0.3) is 0 Å². The van der Waals surface area contributed by atoms with E-state index < -0.39 is 0 Å². The Morgan fingerprint density at radius 3 is 2.62 bits per heavy atom. The van der Waals surface area contributed by atoms with E-state index in [-0.39, 0.29) is 12.4 Å². The molecular formula is C14H22N4O3. The van der Waals surface area contributed by atoms with Crippen LogP contribution in [0, 0.1) is 0 Å². The van der Waals surface area contributed by atoms with Crippen molar-refractivity contribution >= 4 is 11.5 Å². The Balaban J connectivity index is 2.21. The Morgan fingerprint density at radius 2 is 2.05 bits per heavy atom. The van der Waals surface area contributed by atoms with Crippen LogP contribution in [0.25, 0.3) is 0 Å². The van der Waals surface area contributed by atoms with E-state index in [1.54, 1.807) is 19.2 Å². The van der Waals surface area contributed by atoms with Crippen LogP contribution >= 0.6 is 0 Å². The van der Waals surface area contributed by atoms with Gasteiger partial charge < -0.3 is 25.7 Å². The Morgan fingerprint density at radius 1 is 1.33 bits per heavy atom. The molecule has 0 spiro atoms. The maximum Gasteiger partial charge on any atom is 0.172 e. The second-order valence-electron chi connectivity index (χ2n) is 4.92. The third-order valence-electron chi connectivity index (χ3n) is 3.72. The second kappa shape index (κ2) is 7.14. The fraction of sp³-hybridized carbons (Fsp3) is 0.500. The number of ether oxygens (including phenoxy) is 1. The lowest BCUT2D eigenvalue weighted by Crippen LogP contribution is -2.47. The molecule has 116 valence electrons. The van der Waals surface area contributed by atoms with Gasteiger partial charge in [-0.2, -0.15) is 0 Å². The van der Waals surface area contributed by atoms with Gasteiger partial charge in [0, 0.05) is 44.4 Å². The zero-order valence-corrected chi connectivity index (χ0v) is 12.2. The van der Waals surface area contributed by atoms with Gasteiger partial charge in [0.05, 0.1) is 19.4 Å². The third kappa shape index (κ3) is 3.56. The summed E-state index contributed by atoms with van der Waals surface area (Å²) >= 11 is 0. The fourth-order valence-corrected chi connectivity index (χ4v) is 2.52. The van der Waals surface area contributed by atoms with Crippen molar-refractivity contribution < 1.29 is 15.1 Å². The average Bonchev–Trinajstić information content (AvgIpc) is 2.54. The average molecular weight is 294 g/mol. The van der Waals surface area contributed by atoms with E-state index >= 15 is 0 Å². The highest BCUT2D eigenvalue weighted by molar-refractivity contribution is 6.02. The molecule has 0 amide bonds. The van der Waals surface area contributed by atoms with Crippen molar-refractivity contribution in [1.82, 2.24) is 4.90 Å². The zero-order valence-electron chi connectivity index (χ0n) is 12.2. The summed E-state index contributed by atoms with van der Waals surface area (Å²) < 4.78 is 5.26. The van der Waals surface area contributed by atoms with Gasteiger partial charge in [-0.3, -0.25) is 4.90 Å². The predicted molar refractivity (Wildman–Crippen MR) is 81.2 cm³/mol. The highest BCUT2D eigenvalue weighted by atomic mass is 16.5. The van der Waals surface area contributed by atoms with Crippen LogP contribution in [0.1, 0.15) is 5.56 Å². The van der Waals surface area contributed by atoms with Gasteiger partial charge in [0.1, 0.15) is 5.75 Å². The maximum atomic E-state index is 8.99. The van der Waals surface area contributed by atoms with Crippen molar-refractivity contribution in [3.8, 4) is 5.75 Å². The number of methoxy groups -OCH3 is 1. The van der Waals surface area contributed by atoms with Crippen molar-refractivity contribution in [2.24, 2.45) is 10.9 Å². The summed E-state index contributed by atoms with van der Waals surface area (Å²) in [6.07, 6.45) is 0. The summed E-state index contributed by atoms with van der Waals surface area (Å²) in [4.78, 5) is 4.39. The van der Waals surface area contributed by atoms with Crippen molar-refractivity contribution in [3.05, 3.63) is 23.8 Å². The first kappa shape index (κ1) is 15.4. The van der Waals surface area contributed by atoms with Gasteiger partial charge in [-0.25, -0.2) is 0 Å². The van der Waals surface area contributed by atoms with Gasteiger partial charge in [0.2, 0.25) is 0 Å². The zero-order chi connectivity index (χ0) is 15.2. The number of β-amino-alcohol motifs (C(OH)–C–C–N with tert-alkyl or cyclic N) is 1. The van der Waals surface area contributed by atoms with Gasteiger partial charge >= 0.3 is 0 Å². The van der Waals surface area contributed by atoms with E-state index in [0.29, 0.717) is 12.1 Å². The summed E-state index contributed by atoms with van der Waals surface area (Å²) in [6, 6.07) is 5.48. The second-order valence-corrected chi connectivity index (χ2v) is 4.92. The normalized spacial score (nSPS) is 17.0. The molecule has 1 aromatic carbocycles. The molecule has 1 saturated heterocycles. The van der Waals surface area contributed by atoms with Crippen LogP contribution in [-0.2, 0) is 0 Å². The van der Waals surface area contributed by atoms with Crippen LogP contribution in [0.2, 0.25) is 0 Å². The van der Waals surface area contributed by atoms with Crippen molar-refractivity contribution in [1.29, 1.82) is 0 Å². The molecule has 0 radical (unpaired) electrons. The number of anilines is 1. The number of hydrogen-bond donors (Lipinski definition) is 3. The molecule has 0 aromatic heterocycles. The third-order valence-corrected chi connectivity index (χ3v) is 3.72. The SMILES string of the molecule is COc1ccc(/C(N)=N/O)c(N2CCN(CCO)CC2)c1. The van der Waals surface area contributed by atoms with Crippen LogP contribution in [-0.4, -0.2) is 67.5 Å². The smallest absolute Gasteiger partial charge is 0.172 e. The molecule has 0 atom stereocenters. The first-order valence-corrected chi connectivity index (χ1v) is 6.93. The lowest BCUT2D eigenvalue weighted by molar-refractivity contribution is 0.189. The molecule has 0 saturated carbocycles. The van der Waals surface area contributed by atoms with E-state index in [9.17, 15) is 0 Å². The molecule has 1 heterocycles. The molecule has 1 aromatic rings. The molecule has 1 aliphatic rings. The van der Waals surface area contributed by atoms with Crippen molar-refractivity contribution in [3.63, 3.8) is 0 Å². The van der Waals surface area contributed by atoms with E-state index in [2.05, 4.69) is 15.0 Å². The van der Waals surface area contributed by atoms with E-state index in [4.69, 9.17) is 20.8 Å². The minimum absolute atomic E-state index is 0.0884. The maximum absolute atomic E-state index is 8.99. The number of rotatable bonds is 5. The van der Waals surface area contributed by atoms with Crippen LogP contribution in [0.4, 0.5) is 5.69 Å². The summed E-state index contributed by atoms with van der Waals surface area (Å²) in [7, 11) is 1.61. The molecule has 1 fully saturated rings. The Bertz CT molecular complexity index is 499. The standard InChI is InChI=1S/C14H22N4O3/c1-21-11-2-3-12(14(15)16-20)13(10-11)18-6-4-17(5-7-18)8-9-19/h2-3,10,19-20H,4-9H2,1H3,(H2,15,16). The summed E-state index contributed by atoms with van der Waals surface area (Å²) in [5.41, 5.74) is 7.34. The van der Waals surface area contributed by atoms with E-state index in [1.807, 2.05) is 6.07 Å². The fourth-order valence-electron chi connectivity index (χ4n) is 2.52. The number of nitrogens with zero attached hydrogens (tertiary/aromatic N) is 3. The first-order valence-electron chi connectivity index (χ1n) is 6.93. The Kier molecular flexibility index (Phi) is 5.24. The highest BCUT2D eigenvalue weighted by Gasteiger charge is 2.20. The molecule has 7 heteroatoms. The molecule has 7 nitrogen and oxygen atoms in total. The van der Waals surface area contributed by atoms with E-state index in [0.717, 1.165) is 37.6 Å². The van der Waals surface area contributed by atoms with Gasteiger partial charge in [-0.1, -0.05) is 5.16 Å². The minimum atomic E-state index is 0.0884. The molecule has 21 heavy (non-hydrogen) atoms. The molecular weight excluding hydrogens is 272 g/mol. The number of oxime groups is 1. The van der Waals surface area contributed by atoms with Crippen LogP contribution < -0.4 is 15.4 Å². The van der Waals surface area contributed by atoms with E-state index in [1.165, 1.54) is 0 Å². The van der Waals surface area contributed by atoms with Crippen LogP contribution in [0.15, 0.2) is 23.4 Å². The topological polar surface area (TPSA) is 94.5 Å². The van der Waals surface area contributed by atoms with Crippen molar-refractivity contribution in [2.45, 2.75) is 0 Å². The van der Waals surface area contributed by atoms with Crippen LogP contribution in [0.5, 0.6) is 5.75 Å². The molecule has 2 rings (SSSR count). The predicted octanol–water partition coefficient (Wildman–Crippen LogP) is -0.0960. The summed E-state index contributed by atoms with van der Waals surface area (Å²) in [5, 5.41) is 21.0. The van der Waals surface area contributed by atoms with Crippen molar-refractivity contribution in [2.75, 3.05) is 51.3 Å². The number of benzene rings is 1.